The van der Waals surface area contributed by atoms with Crippen molar-refractivity contribution in [2.45, 2.75) is 26.3 Å². The number of hydrogen-bond acceptors (Lipinski definition) is 2. The first kappa shape index (κ1) is 10.7. The fourth-order valence-corrected chi connectivity index (χ4v) is 1.60. The third kappa shape index (κ3) is 3.10. The molecule has 1 rings (SSSR count). The van der Waals surface area contributed by atoms with Crippen LogP contribution in [0.5, 0.6) is 0 Å². The summed E-state index contributed by atoms with van der Waals surface area (Å²) in [5, 5.41) is 0. The predicted molar refractivity (Wildman–Crippen MR) is 59.4 cm³/mol. The highest BCUT2D eigenvalue weighted by molar-refractivity contribution is 9.10. The van der Waals surface area contributed by atoms with Crippen molar-refractivity contribution in [3.05, 3.63) is 33.8 Å². The molecule has 1 unspecified atom stereocenters. The van der Waals surface area contributed by atoms with E-state index in [1.54, 1.807) is 0 Å². The lowest BCUT2D eigenvalue weighted by Crippen LogP contribution is -2.34. The SMILES string of the molecule is Cc1ccc(CC(C)NN)cc1Br. The van der Waals surface area contributed by atoms with Crippen molar-refractivity contribution in [3.63, 3.8) is 0 Å². The van der Waals surface area contributed by atoms with Crippen LogP contribution in [0, 0.1) is 6.92 Å². The lowest BCUT2D eigenvalue weighted by atomic mass is 10.1. The summed E-state index contributed by atoms with van der Waals surface area (Å²) < 4.78 is 1.16. The van der Waals surface area contributed by atoms with Gasteiger partial charge in [0.25, 0.3) is 0 Å². The van der Waals surface area contributed by atoms with E-state index >= 15 is 0 Å². The average Bonchev–Trinajstić information content (AvgIpc) is 2.11. The van der Waals surface area contributed by atoms with Crippen LogP contribution >= 0.6 is 15.9 Å². The van der Waals surface area contributed by atoms with Crippen LogP contribution in [0.1, 0.15) is 18.1 Å². The van der Waals surface area contributed by atoms with Gasteiger partial charge in [0, 0.05) is 10.5 Å². The van der Waals surface area contributed by atoms with Crippen molar-refractivity contribution < 1.29 is 0 Å². The highest BCUT2D eigenvalue weighted by atomic mass is 79.9. The first-order chi connectivity index (χ1) is 6.13. The zero-order valence-corrected chi connectivity index (χ0v) is 9.56. The van der Waals surface area contributed by atoms with Crippen LogP contribution in [0.2, 0.25) is 0 Å². The molecule has 3 N–H and O–H groups in total. The van der Waals surface area contributed by atoms with Crippen LogP contribution < -0.4 is 11.3 Å². The number of halogens is 1. The topological polar surface area (TPSA) is 38.0 Å². The fourth-order valence-electron chi connectivity index (χ4n) is 1.18. The van der Waals surface area contributed by atoms with E-state index in [1.807, 2.05) is 0 Å². The molecule has 3 heteroatoms. The molecule has 0 saturated carbocycles. The summed E-state index contributed by atoms with van der Waals surface area (Å²) in [6.07, 6.45) is 0.954. The Morgan fingerprint density at radius 2 is 2.23 bits per heavy atom. The van der Waals surface area contributed by atoms with E-state index in [0.717, 1.165) is 10.9 Å². The number of nitrogens with two attached hydrogens (primary N) is 1. The maximum Gasteiger partial charge on any atom is 0.0222 e. The van der Waals surface area contributed by atoms with E-state index in [0.29, 0.717) is 6.04 Å². The molecule has 0 aliphatic heterocycles. The molecule has 0 fully saturated rings. The fraction of sp³-hybridized carbons (Fsp3) is 0.400. The van der Waals surface area contributed by atoms with E-state index in [-0.39, 0.29) is 0 Å². The van der Waals surface area contributed by atoms with Gasteiger partial charge >= 0.3 is 0 Å². The highest BCUT2D eigenvalue weighted by Gasteiger charge is 2.02. The summed E-state index contributed by atoms with van der Waals surface area (Å²) in [5.41, 5.74) is 5.29. The summed E-state index contributed by atoms with van der Waals surface area (Å²) in [6, 6.07) is 6.70. The van der Waals surface area contributed by atoms with Gasteiger partial charge in [0.15, 0.2) is 0 Å². The molecular weight excluding hydrogens is 228 g/mol. The van der Waals surface area contributed by atoms with Crippen LogP contribution in [0.15, 0.2) is 22.7 Å². The van der Waals surface area contributed by atoms with Crippen molar-refractivity contribution in [2.75, 3.05) is 0 Å². The molecule has 0 bridgehead atoms. The van der Waals surface area contributed by atoms with E-state index in [1.165, 1.54) is 11.1 Å². The molecule has 0 amide bonds. The Balaban J connectivity index is 2.73. The van der Waals surface area contributed by atoms with Crippen molar-refractivity contribution in [2.24, 2.45) is 5.84 Å². The van der Waals surface area contributed by atoms with Gasteiger partial charge in [0.2, 0.25) is 0 Å². The normalized spacial score (nSPS) is 12.9. The molecule has 1 aromatic rings. The molecule has 0 aliphatic carbocycles. The van der Waals surface area contributed by atoms with Gasteiger partial charge in [-0.15, -0.1) is 0 Å². The number of nitrogens with one attached hydrogen (secondary N) is 1. The van der Waals surface area contributed by atoms with Crippen molar-refractivity contribution >= 4 is 15.9 Å². The van der Waals surface area contributed by atoms with Crippen LogP contribution in [0.3, 0.4) is 0 Å². The Kier molecular flexibility index (Phi) is 3.90. The third-order valence-corrected chi connectivity index (χ3v) is 2.92. The molecule has 1 atom stereocenters. The van der Waals surface area contributed by atoms with Crippen molar-refractivity contribution in [1.82, 2.24) is 5.43 Å². The molecule has 0 spiro atoms. The third-order valence-electron chi connectivity index (χ3n) is 2.06. The van der Waals surface area contributed by atoms with Gasteiger partial charge in [-0.05, 0) is 37.5 Å². The second-order valence-corrected chi connectivity index (χ2v) is 4.21. The quantitative estimate of drug-likeness (QED) is 0.630. The molecule has 0 aliphatic rings. The van der Waals surface area contributed by atoms with Gasteiger partial charge in [-0.1, -0.05) is 28.1 Å². The maximum absolute atomic E-state index is 5.33. The summed E-state index contributed by atoms with van der Waals surface area (Å²) in [6.45, 7) is 4.15. The number of benzene rings is 1. The van der Waals surface area contributed by atoms with Crippen molar-refractivity contribution in [1.29, 1.82) is 0 Å². The first-order valence-electron chi connectivity index (χ1n) is 4.34. The van der Waals surface area contributed by atoms with Gasteiger partial charge in [-0.25, -0.2) is 0 Å². The highest BCUT2D eigenvalue weighted by Crippen LogP contribution is 2.18. The Labute approximate surface area is 87.6 Å². The standard InChI is InChI=1S/C10H15BrN2/c1-7-3-4-9(6-10(7)11)5-8(2)13-12/h3-4,6,8,13H,5,12H2,1-2H3. The lowest BCUT2D eigenvalue weighted by molar-refractivity contribution is 0.568. The number of aryl methyl sites for hydroxylation is 1. The summed E-state index contributed by atoms with van der Waals surface area (Å²) >= 11 is 3.51. The maximum atomic E-state index is 5.33. The van der Waals surface area contributed by atoms with E-state index in [2.05, 4.69) is 53.4 Å². The van der Waals surface area contributed by atoms with Crippen LogP contribution in [0.4, 0.5) is 0 Å². The van der Waals surface area contributed by atoms with Crippen LogP contribution in [-0.4, -0.2) is 6.04 Å². The molecular formula is C10H15BrN2. The summed E-state index contributed by atoms with van der Waals surface area (Å²) in [4.78, 5) is 0. The van der Waals surface area contributed by atoms with E-state index in [4.69, 9.17) is 5.84 Å². The molecule has 2 nitrogen and oxygen atoms in total. The number of hydrazine groups is 1. The molecule has 0 saturated heterocycles. The minimum atomic E-state index is 0.314. The minimum absolute atomic E-state index is 0.314. The van der Waals surface area contributed by atoms with Gasteiger partial charge < -0.3 is 0 Å². The van der Waals surface area contributed by atoms with Gasteiger partial charge in [0.1, 0.15) is 0 Å². The zero-order chi connectivity index (χ0) is 9.84. The summed E-state index contributed by atoms with van der Waals surface area (Å²) in [7, 11) is 0. The second-order valence-electron chi connectivity index (χ2n) is 3.36. The molecule has 13 heavy (non-hydrogen) atoms. The molecule has 0 heterocycles. The lowest BCUT2D eigenvalue weighted by Gasteiger charge is -2.10. The molecule has 0 radical (unpaired) electrons. The van der Waals surface area contributed by atoms with Crippen LogP contribution in [0.25, 0.3) is 0 Å². The zero-order valence-electron chi connectivity index (χ0n) is 7.97. The second kappa shape index (κ2) is 4.74. The van der Waals surface area contributed by atoms with E-state index < -0.39 is 0 Å². The average molecular weight is 243 g/mol. The number of hydrogen-bond donors (Lipinski definition) is 2. The molecule has 1 aromatic carbocycles. The smallest absolute Gasteiger partial charge is 0.0222 e. The van der Waals surface area contributed by atoms with Crippen LogP contribution in [-0.2, 0) is 6.42 Å². The predicted octanol–water partition coefficient (Wildman–Crippen LogP) is 2.15. The largest absolute Gasteiger partial charge is 0.271 e. The number of rotatable bonds is 3. The Hall–Kier alpha value is -0.380. The Bertz CT molecular complexity index is 286. The van der Waals surface area contributed by atoms with E-state index in [9.17, 15) is 0 Å². The minimum Gasteiger partial charge on any atom is -0.271 e. The van der Waals surface area contributed by atoms with Gasteiger partial charge in [-0.3, -0.25) is 11.3 Å². The van der Waals surface area contributed by atoms with Crippen molar-refractivity contribution in [3.8, 4) is 0 Å². The molecule has 0 aromatic heterocycles. The monoisotopic (exact) mass is 242 g/mol. The Morgan fingerprint density at radius 1 is 1.54 bits per heavy atom. The van der Waals surface area contributed by atoms with Gasteiger partial charge in [0.05, 0.1) is 0 Å². The Morgan fingerprint density at radius 3 is 2.77 bits per heavy atom. The summed E-state index contributed by atoms with van der Waals surface area (Å²) in [5.74, 6) is 5.33. The van der Waals surface area contributed by atoms with Gasteiger partial charge in [-0.2, -0.15) is 0 Å². The first-order valence-corrected chi connectivity index (χ1v) is 5.14. The molecule has 72 valence electrons.